The largest absolute Gasteiger partial charge is 0.303 e. The Bertz CT molecular complexity index is 265. The van der Waals surface area contributed by atoms with Crippen molar-refractivity contribution < 1.29 is 4.79 Å². The van der Waals surface area contributed by atoms with Crippen molar-refractivity contribution in [3.63, 3.8) is 0 Å². The zero-order chi connectivity index (χ0) is 12.4. The molecule has 0 aromatic rings. The van der Waals surface area contributed by atoms with Gasteiger partial charge in [-0.1, -0.05) is 0 Å². The van der Waals surface area contributed by atoms with Gasteiger partial charge in [0.05, 0.1) is 0 Å². The number of Topliss-reactive ketones (excluding diaryl/α,β-unsaturated/α-hetero) is 1. The Morgan fingerprint density at radius 2 is 1.17 bits per heavy atom. The molecular formula is C15H26N2O. The molecule has 1 aliphatic carbocycles. The van der Waals surface area contributed by atoms with Gasteiger partial charge >= 0.3 is 0 Å². The van der Waals surface area contributed by atoms with Crippen LogP contribution in [0.1, 0.15) is 38.5 Å². The van der Waals surface area contributed by atoms with Crippen molar-refractivity contribution in [2.24, 2.45) is 11.8 Å². The van der Waals surface area contributed by atoms with Crippen LogP contribution >= 0.6 is 0 Å². The summed E-state index contributed by atoms with van der Waals surface area (Å²) in [7, 11) is 0. The van der Waals surface area contributed by atoms with Crippen LogP contribution in [0.3, 0.4) is 0 Å². The maximum absolute atomic E-state index is 12.4. The molecule has 102 valence electrons. The molecule has 0 radical (unpaired) electrons. The fourth-order valence-electron chi connectivity index (χ4n) is 3.94. The zero-order valence-electron chi connectivity index (χ0n) is 11.4. The molecule has 3 nitrogen and oxygen atoms in total. The summed E-state index contributed by atoms with van der Waals surface area (Å²) in [4.78, 5) is 17.4. The van der Waals surface area contributed by atoms with E-state index in [1.807, 2.05) is 0 Å². The van der Waals surface area contributed by atoms with Gasteiger partial charge in [0.1, 0.15) is 5.78 Å². The Kier molecular flexibility index (Phi) is 4.00. The Morgan fingerprint density at radius 3 is 1.56 bits per heavy atom. The SMILES string of the molecule is O=C1[C@H](CN2CCCC2)CC[C@H]1CN1CCCC1. The van der Waals surface area contributed by atoms with Gasteiger partial charge in [0.2, 0.25) is 0 Å². The number of nitrogens with zero attached hydrogens (tertiary/aromatic N) is 2. The zero-order valence-corrected chi connectivity index (χ0v) is 11.4. The van der Waals surface area contributed by atoms with Gasteiger partial charge in [-0.2, -0.15) is 0 Å². The molecule has 2 atom stereocenters. The number of carbonyl (C=O) groups excluding carboxylic acids is 1. The lowest BCUT2D eigenvalue weighted by Gasteiger charge is -2.21. The first-order chi connectivity index (χ1) is 8.83. The molecule has 0 aromatic heterocycles. The fraction of sp³-hybridized carbons (Fsp3) is 0.933. The molecular weight excluding hydrogens is 224 g/mol. The first-order valence-electron chi connectivity index (χ1n) is 7.81. The Hall–Kier alpha value is -0.410. The van der Waals surface area contributed by atoms with E-state index in [1.165, 1.54) is 51.9 Å². The van der Waals surface area contributed by atoms with E-state index in [0.717, 1.165) is 25.9 Å². The van der Waals surface area contributed by atoms with E-state index < -0.39 is 0 Å². The van der Waals surface area contributed by atoms with Gasteiger partial charge in [0.25, 0.3) is 0 Å². The van der Waals surface area contributed by atoms with Crippen molar-refractivity contribution in [3.05, 3.63) is 0 Å². The maximum Gasteiger partial charge on any atom is 0.141 e. The Morgan fingerprint density at radius 1 is 0.778 bits per heavy atom. The minimum atomic E-state index is 0.357. The van der Waals surface area contributed by atoms with Crippen LogP contribution < -0.4 is 0 Å². The minimum absolute atomic E-state index is 0.357. The molecule has 0 amide bonds. The molecule has 0 aromatic carbocycles. The molecule has 18 heavy (non-hydrogen) atoms. The van der Waals surface area contributed by atoms with E-state index in [2.05, 4.69) is 9.80 Å². The first-order valence-corrected chi connectivity index (χ1v) is 7.81. The van der Waals surface area contributed by atoms with Gasteiger partial charge in [0, 0.05) is 24.9 Å². The number of hydrogen-bond acceptors (Lipinski definition) is 3. The molecule has 3 rings (SSSR count). The first kappa shape index (κ1) is 12.6. The van der Waals surface area contributed by atoms with Crippen molar-refractivity contribution in [2.75, 3.05) is 39.3 Å². The van der Waals surface area contributed by atoms with Crippen LogP contribution in [0.25, 0.3) is 0 Å². The van der Waals surface area contributed by atoms with Gasteiger partial charge in [-0.15, -0.1) is 0 Å². The molecule has 2 heterocycles. The van der Waals surface area contributed by atoms with Crippen molar-refractivity contribution in [2.45, 2.75) is 38.5 Å². The maximum atomic E-state index is 12.4. The summed E-state index contributed by atoms with van der Waals surface area (Å²) >= 11 is 0. The third kappa shape index (κ3) is 2.77. The average molecular weight is 250 g/mol. The topological polar surface area (TPSA) is 23.6 Å². The van der Waals surface area contributed by atoms with Gasteiger partial charge in [-0.05, 0) is 64.7 Å². The fourth-order valence-corrected chi connectivity index (χ4v) is 3.94. The third-order valence-electron chi connectivity index (χ3n) is 5.02. The molecule has 1 saturated carbocycles. The van der Waals surface area contributed by atoms with Crippen molar-refractivity contribution in [1.29, 1.82) is 0 Å². The molecule has 2 saturated heterocycles. The van der Waals surface area contributed by atoms with Crippen molar-refractivity contribution in [3.8, 4) is 0 Å². The number of rotatable bonds is 4. The molecule has 0 spiro atoms. The predicted molar refractivity (Wildman–Crippen MR) is 72.6 cm³/mol. The van der Waals surface area contributed by atoms with E-state index >= 15 is 0 Å². The summed E-state index contributed by atoms with van der Waals surface area (Å²) < 4.78 is 0. The van der Waals surface area contributed by atoms with Crippen molar-refractivity contribution >= 4 is 5.78 Å². The van der Waals surface area contributed by atoms with Gasteiger partial charge in [-0.25, -0.2) is 0 Å². The lowest BCUT2D eigenvalue weighted by Crippen LogP contribution is -2.33. The quantitative estimate of drug-likeness (QED) is 0.760. The van der Waals surface area contributed by atoms with E-state index in [1.54, 1.807) is 0 Å². The van der Waals surface area contributed by atoms with Gasteiger partial charge in [-0.3, -0.25) is 4.79 Å². The van der Waals surface area contributed by atoms with Crippen LogP contribution in [0.4, 0.5) is 0 Å². The summed E-state index contributed by atoms with van der Waals surface area (Å²) in [5.41, 5.74) is 0. The predicted octanol–water partition coefficient (Wildman–Crippen LogP) is 1.77. The van der Waals surface area contributed by atoms with Gasteiger partial charge in [0.15, 0.2) is 0 Å². The highest BCUT2D eigenvalue weighted by Crippen LogP contribution is 2.30. The summed E-state index contributed by atoms with van der Waals surface area (Å²) in [6.45, 7) is 6.99. The molecule has 3 fully saturated rings. The summed E-state index contributed by atoms with van der Waals surface area (Å²) in [6.07, 6.45) is 7.62. The standard InChI is InChI=1S/C15H26N2O/c18-15-13(11-16-7-1-2-8-16)5-6-14(15)12-17-9-3-4-10-17/h13-14H,1-12H2/t13-,14-/m0/s1. The second kappa shape index (κ2) is 5.70. The van der Waals surface area contributed by atoms with Crippen LogP contribution in [-0.2, 0) is 4.79 Å². The van der Waals surface area contributed by atoms with Crippen LogP contribution in [0.15, 0.2) is 0 Å². The molecule has 3 heteroatoms. The molecule has 0 unspecified atom stereocenters. The Labute approximate surface area is 111 Å². The van der Waals surface area contributed by atoms with Crippen molar-refractivity contribution in [1.82, 2.24) is 9.80 Å². The summed E-state index contributed by atoms with van der Waals surface area (Å²) in [6, 6.07) is 0. The third-order valence-corrected chi connectivity index (χ3v) is 5.02. The number of hydrogen-bond donors (Lipinski definition) is 0. The van der Waals surface area contributed by atoms with Crippen LogP contribution in [-0.4, -0.2) is 54.9 Å². The highest BCUT2D eigenvalue weighted by atomic mass is 16.1. The highest BCUT2D eigenvalue weighted by Gasteiger charge is 2.36. The smallest absolute Gasteiger partial charge is 0.141 e. The molecule has 0 bridgehead atoms. The normalized spacial score (nSPS) is 34.8. The van der Waals surface area contributed by atoms with E-state index in [-0.39, 0.29) is 0 Å². The molecule has 0 N–H and O–H groups in total. The van der Waals surface area contributed by atoms with E-state index in [4.69, 9.17) is 0 Å². The van der Waals surface area contributed by atoms with Crippen LogP contribution in [0, 0.1) is 11.8 Å². The Balaban J connectivity index is 1.48. The highest BCUT2D eigenvalue weighted by molar-refractivity contribution is 5.85. The number of ketones is 1. The monoisotopic (exact) mass is 250 g/mol. The second-order valence-electron chi connectivity index (χ2n) is 6.39. The average Bonchev–Trinajstić information content (AvgIpc) is 3.08. The summed E-state index contributed by atoms with van der Waals surface area (Å²) in [5.74, 6) is 1.29. The van der Waals surface area contributed by atoms with Gasteiger partial charge < -0.3 is 9.80 Å². The lowest BCUT2D eigenvalue weighted by atomic mass is 10.0. The number of likely N-dealkylation sites (tertiary alicyclic amines) is 2. The minimum Gasteiger partial charge on any atom is -0.303 e. The van der Waals surface area contributed by atoms with Crippen LogP contribution in [0.2, 0.25) is 0 Å². The molecule has 3 aliphatic rings. The van der Waals surface area contributed by atoms with E-state index in [9.17, 15) is 4.79 Å². The molecule has 2 aliphatic heterocycles. The van der Waals surface area contributed by atoms with E-state index in [0.29, 0.717) is 17.6 Å². The summed E-state index contributed by atoms with van der Waals surface area (Å²) in [5, 5.41) is 0. The second-order valence-corrected chi connectivity index (χ2v) is 6.39. The number of carbonyl (C=O) groups is 1. The van der Waals surface area contributed by atoms with Crippen LogP contribution in [0.5, 0.6) is 0 Å². The lowest BCUT2D eigenvalue weighted by molar-refractivity contribution is -0.124.